The minimum absolute atomic E-state index is 0.0381. The quantitative estimate of drug-likeness (QED) is 0.907. The average molecular weight is 303 g/mol. The lowest BCUT2D eigenvalue weighted by Crippen LogP contribution is -2.69. The summed E-state index contributed by atoms with van der Waals surface area (Å²) < 4.78 is 18.6. The van der Waals surface area contributed by atoms with Crippen molar-refractivity contribution in [1.29, 1.82) is 0 Å². The van der Waals surface area contributed by atoms with Crippen molar-refractivity contribution < 1.29 is 14.2 Å². The van der Waals surface area contributed by atoms with Crippen molar-refractivity contribution >= 4 is 0 Å². The van der Waals surface area contributed by atoms with Crippen LogP contribution in [0.25, 0.3) is 0 Å². The number of rotatable bonds is 5. The van der Waals surface area contributed by atoms with Crippen molar-refractivity contribution in [3.63, 3.8) is 0 Å². The number of hydrogen-bond acceptors (Lipinski definition) is 4. The second kappa shape index (κ2) is 5.60. The summed E-state index contributed by atoms with van der Waals surface area (Å²) in [7, 11) is 0. The molecule has 2 atom stereocenters. The predicted octanol–water partition coefficient (Wildman–Crippen LogP) is 3.14. The summed E-state index contributed by atoms with van der Waals surface area (Å²) in [6, 6.07) is 10.7. The molecule has 0 spiro atoms. The molecule has 4 nitrogen and oxygen atoms in total. The number of benzene rings is 1. The minimum atomic E-state index is -0.882. The van der Waals surface area contributed by atoms with Crippen LogP contribution in [0.4, 0.5) is 0 Å². The Hall–Kier alpha value is -0.940. The Balaban J connectivity index is 1.52. The zero-order valence-electron chi connectivity index (χ0n) is 13.3. The molecule has 4 fully saturated rings. The van der Waals surface area contributed by atoms with Crippen LogP contribution in [0.3, 0.4) is 0 Å². The molecule has 3 saturated heterocycles. The molecular weight excluding hydrogens is 278 g/mol. The zero-order chi connectivity index (χ0) is 15.2. The van der Waals surface area contributed by atoms with E-state index in [2.05, 4.69) is 43.4 Å². The van der Waals surface area contributed by atoms with Crippen LogP contribution in [-0.2, 0) is 14.2 Å². The van der Waals surface area contributed by atoms with Gasteiger partial charge < -0.3 is 19.5 Å². The summed E-state index contributed by atoms with van der Waals surface area (Å²) in [6.45, 7) is 4.34. The highest BCUT2D eigenvalue weighted by Gasteiger charge is 2.58. The van der Waals surface area contributed by atoms with Crippen LogP contribution in [-0.4, -0.2) is 30.3 Å². The molecule has 4 bridgehead atoms. The van der Waals surface area contributed by atoms with Gasteiger partial charge in [0.2, 0.25) is 0 Å². The molecule has 0 amide bonds. The zero-order valence-corrected chi connectivity index (χ0v) is 13.3. The highest BCUT2D eigenvalue weighted by Crippen LogP contribution is 2.47. The molecule has 5 rings (SSSR count). The molecule has 1 aromatic rings. The summed E-state index contributed by atoms with van der Waals surface area (Å²) in [5.74, 6) is -0.882. The second-order valence-electron chi connectivity index (χ2n) is 6.79. The summed E-state index contributed by atoms with van der Waals surface area (Å²) >= 11 is 0. The van der Waals surface area contributed by atoms with E-state index in [-0.39, 0.29) is 12.1 Å². The van der Waals surface area contributed by atoms with Gasteiger partial charge in [0.15, 0.2) is 0 Å². The number of ether oxygens (including phenoxy) is 3. The average Bonchev–Trinajstić information content (AvgIpc) is 2.51. The normalized spacial score (nSPS) is 38.9. The molecule has 3 aliphatic heterocycles. The van der Waals surface area contributed by atoms with E-state index in [0.29, 0.717) is 18.3 Å². The highest BCUT2D eigenvalue weighted by molar-refractivity contribution is 5.18. The maximum atomic E-state index is 6.19. The lowest BCUT2D eigenvalue weighted by Gasteiger charge is -2.57. The maximum absolute atomic E-state index is 6.19. The van der Waals surface area contributed by atoms with Gasteiger partial charge in [0.25, 0.3) is 5.97 Å². The fourth-order valence-corrected chi connectivity index (χ4v) is 4.09. The van der Waals surface area contributed by atoms with Gasteiger partial charge in [-0.15, -0.1) is 0 Å². The Bertz CT molecular complexity index is 483. The van der Waals surface area contributed by atoms with Gasteiger partial charge in [0, 0.05) is 25.3 Å². The third-order valence-electron chi connectivity index (χ3n) is 5.16. The van der Waals surface area contributed by atoms with E-state index in [1.165, 1.54) is 5.56 Å². The van der Waals surface area contributed by atoms with Crippen molar-refractivity contribution in [2.24, 2.45) is 0 Å². The van der Waals surface area contributed by atoms with Gasteiger partial charge in [-0.2, -0.15) is 0 Å². The van der Waals surface area contributed by atoms with Gasteiger partial charge in [-0.1, -0.05) is 37.3 Å². The van der Waals surface area contributed by atoms with Crippen LogP contribution in [0.15, 0.2) is 30.3 Å². The monoisotopic (exact) mass is 303 g/mol. The van der Waals surface area contributed by atoms with Gasteiger partial charge in [-0.25, -0.2) is 0 Å². The molecule has 1 aromatic carbocycles. The molecule has 1 aliphatic carbocycles. The third kappa shape index (κ3) is 2.48. The molecular formula is C18H25NO3. The summed E-state index contributed by atoms with van der Waals surface area (Å²) in [6.07, 6.45) is 4.87. The topological polar surface area (TPSA) is 39.7 Å². The van der Waals surface area contributed by atoms with Crippen molar-refractivity contribution in [3.05, 3.63) is 35.9 Å². The Labute approximate surface area is 132 Å². The Kier molecular flexibility index (Phi) is 3.73. The molecule has 4 aliphatic rings. The van der Waals surface area contributed by atoms with Gasteiger partial charge >= 0.3 is 0 Å². The van der Waals surface area contributed by atoms with Gasteiger partial charge in [-0.05, 0) is 18.9 Å². The first-order chi connectivity index (χ1) is 10.7. The summed E-state index contributed by atoms with van der Waals surface area (Å²) in [5, 5.41) is 3.66. The van der Waals surface area contributed by atoms with Crippen LogP contribution >= 0.6 is 0 Å². The molecule has 1 saturated carbocycles. The van der Waals surface area contributed by atoms with E-state index >= 15 is 0 Å². The predicted molar refractivity (Wildman–Crippen MR) is 83.3 cm³/mol. The standard InChI is InChI=1S/C18H25NO3/c1-3-17(19-12(2)13-7-5-4-6-8-13)18-20-14-9-15(21-18)11-16(10-14)22-18/h4-8,12,14-17,19H,3,9-11H2,1-2H3/t12-,14?,15?,16?,17-,18?/m0/s1. The lowest BCUT2D eigenvalue weighted by atomic mass is 9.88. The smallest absolute Gasteiger partial charge is 0.300 e. The molecule has 120 valence electrons. The molecule has 0 aromatic heterocycles. The third-order valence-corrected chi connectivity index (χ3v) is 5.16. The number of hydrogen-bond donors (Lipinski definition) is 1. The van der Waals surface area contributed by atoms with Crippen LogP contribution in [0.1, 0.15) is 51.1 Å². The fourth-order valence-electron chi connectivity index (χ4n) is 4.09. The van der Waals surface area contributed by atoms with E-state index in [4.69, 9.17) is 14.2 Å². The molecule has 0 radical (unpaired) electrons. The first-order valence-corrected chi connectivity index (χ1v) is 8.53. The minimum Gasteiger partial charge on any atom is -0.323 e. The fraction of sp³-hybridized carbons (Fsp3) is 0.667. The summed E-state index contributed by atoms with van der Waals surface area (Å²) in [4.78, 5) is 0. The molecule has 22 heavy (non-hydrogen) atoms. The van der Waals surface area contributed by atoms with Crippen molar-refractivity contribution in [3.8, 4) is 0 Å². The van der Waals surface area contributed by atoms with Crippen molar-refractivity contribution in [2.45, 2.75) is 75.9 Å². The van der Waals surface area contributed by atoms with Crippen LogP contribution in [0.5, 0.6) is 0 Å². The van der Waals surface area contributed by atoms with E-state index in [1.54, 1.807) is 0 Å². The van der Waals surface area contributed by atoms with Crippen LogP contribution in [0, 0.1) is 0 Å². The van der Waals surface area contributed by atoms with E-state index in [0.717, 1.165) is 25.7 Å². The first kappa shape index (κ1) is 14.6. The molecule has 4 heteroatoms. The van der Waals surface area contributed by atoms with Gasteiger partial charge in [-0.3, -0.25) is 0 Å². The Morgan fingerprint density at radius 3 is 2.09 bits per heavy atom. The van der Waals surface area contributed by atoms with E-state index in [9.17, 15) is 0 Å². The Morgan fingerprint density at radius 1 is 1.05 bits per heavy atom. The molecule has 0 unspecified atom stereocenters. The van der Waals surface area contributed by atoms with Crippen LogP contribution < -0.4 is 5.32 Å². The van der Waals surface area contributed by atoms with Gasteiger partial charge in [0.05, 0.1) is 24.4 Å². The second-order valence-corrected chi connectivity index (χ2v) is 6.79. The van der Waals surface area contributed by atoms with Crippen molar-refractivity contribution in [2.75, 3.05) is 0 Å². The lowest BCUT2D eigenvalue weighted by molar-refractivity contribution is -0.502. The molecule has 1 N–H and O–H groups in total. The summed E-state index contributed by atoms with van der Waals surface area (Å²) in [5.41, 5.74) is 1.27. The first-order valence-electron chi connectivity index (χ1n) is 8.53. The largest absolute Gasteiger partial charge is 0.323 e. The SMILES string of the molecule is CC[C@H](N[C@@H](C)c1ccccc1)C12OC3CC(CC(C3)O1)O2. The van der Waals surface area contributed by atoms with Gasteiger partial charge in [0.1, 0.15) is 0 Å². The number of nitrogens with one attached hydrogen (secondary N) is 1. The van der Waals surface area contributed by atoms with Crippen molar-refractivity contribution in [1.82, 2.24) is 5.32 Å². The van der Waals surface area contributed by atoms with Crippen LogP contribution in [0.2, 0.25) is 0 Å². The maximum Gasteiger partial charge on any atom is 0.300 e. The van der Waals surface area contributed by atoms with E-state index < -0.39 is 5.97 Å². The molecule has 3 heterocycles. The highest BCUT2D eigenvalue weighted by atomic mass is 16.9. The Morgan fingerprint density at radius 2 is 1.59 bits per heavy atom. The van der Waals surface area contributed by atoms with E-state index in [1.807, 2.05) is 6.07 Å².